The molecule has 1 aromatic rings. The highest BCUT2D eigenvalue weighted by Crippen LogP contribution is 2.10. The zero-order chi connectivity index (χ0) is 13.4. The van der Waals surface area contributed by atoms with Gasteiger partial charge in [-0.15, -0.1) is 0 Å². The van der Waals surface area contributed by atoms with Crippen LogP contribution in [0, 0.1) is 0 Å². The Kier molecular flexibility index (Phi) is 6.58. The molecule has 0 radical (unpaired) electrons. The highest BCUT2D eigenvalue weighted by atomic mass is 35.5. The topological polar surface area (TPSA) is 32.3 Å². The van der Waals surface area contributed by atoms with Gasteiger partial charge in [0.05, 0.1) is 0 Å². The minimum atomic E-state index is -0.00882. The summed E-state index contributed by atoms with van der Waals surface area (Å²) >= 11 is 5.90. The largest absolute Gasteiger partial charge is 0.338 e. The van der Waals surface area contributed by atoms with Crippen molar-refractivity contribution in [1.29, 1.82) is 0 Å². The van der Waals surface area contributed by atoms with Crippen molar-refractivity contribution in [3.63, 3.8) is 0 Å². The number of carbonyl (C=O) groups is 1. The van der Waals surface area contributed by atoms with E-state index in [-0.39, 0.29) is 6.03 Å². The number of nitrogens with zero attached hydrogens (tertiary/aromatic N) is 1. The maximum Gasteiger partial charge on any atom is 0.317 e. The summed E-state index contributed by atoms with van der Waals surface area (Å²) in [6.45, 7) is 3.56. The zero-order valence-corrected chi connectivity index (χ0v) is 11.8. The molecular formula is C14H21ClN2O. The lowest BCUT2D eigenvalue weighted by molar-refractivity contribution is 0.208. The molecule has 0 bridgehead atoms. The SMILES string of the molecule is CCCCN(C)C(=O)NCCc1cccc(Cl)c1. The minimum absolute atomic E-state index is 0.00882. The first-order valence-electron chi connectivity index (χ1n) is 6.37. The molecule has 0 aliphatic rings. The number of amides is 2. The van der Waals surface area contributed by atoms with Gasteiger partial charge in [0, 0.05) is 25.2 Å². The third-order valence-electron chi connectivity index (χ3n) is 2.77. The number of unbranched alkanes of at least 4 members (excludes halogenated alkanes) is 1. The van der Waals surface area contributed by atoms with E-state index < -0.39 is 0 Å². The zero-order valence-electron chi connectivity index (χ0n) is 11.1. The van der Waals surface area contributed by atoms with Gasteiger partial charge in [-0.25, -0.2) is 4.79 Å². The van der Waals surface area contributed by atoms with Gasteiger partial charge in [0.25, 0.3) is 0 Å². The van der Waals surface area contributed by atoms with E-state index in [1.807, 2.05) is 31.3 Å². The molecule has 0 fully saturated rings. The Morgan fingerprint density at radius 2 is 2.22 bits per heavy atom. The van der Waals surface area contributed by atoms with Gasteiger partial charge < -0.3 is 10.2 Å². The van der Waals surface area contributed by atoms with Crippen molar-refractivity contribution in [3.05, 3.63) is 34.9 Å². The smallest absolute Gasteiger partial charge is 0.317 e. The van der Waals surface area contributed by atoms with Gasteiger partial charge in [0.1, 0.15) is 0 Å². The molecule has 0 saturated carbocycles. The van der Waals surface area contributed by atoms with Gasteiger partial charge in [0.15, 0.2) is 0 Å². The van der Waals surface area contributed by atoms with Crippen molar-refractivity contribution in [2.45, 2.75) is 26.2 Å². The number of halogens is 1. The van der Waals surface area contributed by atoms with Crippen LogP contribution in [0.15, 0.2) is 24.3 Å². The minimum Gasteiger partial charge on any atom is -0.338 e. The van der Waals surface area contributed by atoms with E-state index in [2.05, 4.69) is 12.2 Å². The van der Waals surface area contributed by atoms with Crippen molar-refractivity contribution < 1.29 is 4.79 Å². The monoisotopic (exact) mass is 268 g/mol. The van der Waals surface area contributed by atoms with Crippen LogP contribution in [0.3, 0.4) is 0 Å². The Morgan fingerprint density at radius 1 is 1.44 bits per heavy atom. The predicted molar refractivity (Wildman–Crippen MR) is 76.1 cm³/mol. The van der Waals surface area contributed by atoms with E-state index in [1.54, 1.807) is 4.90 Å². The Bertz CT molecular complexity index is 382. The number of urea groups is 1. The Hall–Kier alpha value is -1.22. The second kappa shape index (κ2) is 7.98. The molecule has 2 amide bonds. The molecule has 0 saturated heterocycles. The lowest BCUT2D eigenvalue weighted by Gasteiger charge is -2.17. The Morgan fingerprint density at radius 3 is 2.89 bits per heavy atom. The van der Waals surface area contributed by atoms with Crippen molar-refractivity contribution in [2.75, 3.05) is 20.1 Å². The van der Waals surface area contributed by atoms with E-state index >= 15 is 0 Å². The van der Waals surface area contributed by atoms with Crippen LogP contribution in [-0.2, 0) is 6.42 Å². The summed E-state index contributed by atoms with van der Waals surface area (Å²) in [5.74, 6) is 0. The molecule has 0 aromatic heterocycles. The quantitative estimate of drug-likeness (QED) is 0.843. The molecule has 0 aliphatic carbocycles. The second-order valence-electron chi connectivity index (χ2n) is 4.39. The predicted octanol–water partition coefficient (Wildman–Crippen LogP) is 3.32. The van der Waals surface area contributed by atoms with Crippen molar-refractivity contribution in [1.82, 2.24) is 10.2 Å². The summed E-state index contributed by atoms with van der Waals surface area (Å²) in [5, 5.41) is 3.64. The summed E-state index contributed by atoms with van der Waals surface area (Å²) in [6, 6.07) is 7.70. The second-order valence-corrected chi connectivity index (χ2v) is 4.82. The summed E-state index contributed by atoms with van der Waals surface area (Å²) in [5.41, 5.74) is 1.14. The number of carbonyl (C=O) groups excluding carboxylic acids is 1. The van der Waals surface area contributed by atoms with Crippen LogP contribution in [0.5, 0.6) is 0 Å². The van der Waals surface area contributed by atoms with Crippen molar-refractivity contribution >= 4 is 17.6 Å². The molecule has 1 rings (SSSR count). The Labute approximate surface area is 114 Å². The lowest BCUT2D eigenvalue weighted by atomic mass is 10.1. The summed E-state index contributed by atoms with van der Waals surface area (Å²) in [4.78, 5) is 13.4. The lowest BCUT2D eigenvalue weighted by Crippen LogP contribution is -2.38. The molecular weight excluding hydrogens is 248 g/mol. The van der Waals surface area contributed by atoms with E-state index in [4.69, 9.17) is 11.6 Å². The van der Waals surface area contributed by atoms with Crippen LogP contribution in [-0.4, -0.2) is 31.1 Å². The van der Waals surface area contributed by atoms with Crippen LogP contribution >= 0.6 is 11.6 Å². The maximum atomic E-state index is 11.7. The number of rotatable bonds is 6. The third kappa shape index (κ3) is 5.41. The highest BCUT2D eigenvalue weighted by Gasteiger charge is 2.06. The van der Waals surface area contributed by atoms with E-state index in [0.717, 1.165) is 36.4 Å². The summed E-state index contributed by atoms with van der Waals surface area (Å²) in [7, 11) is 1.82. The number of hydrogen-bond donors (Lipinski definition) is 1. The molecule has 4 heteroatoms. The fourth-order valence-electron chi connectivity index (χ4n) is 1.64. The van der Waals surface area contributed by atoms with Crippen LogP contribution in [0.2, 0.25) is 5.02 Å². The fourth-order valence-corrected chi connectivity index (χ4v) is 1.85. The average molecular weight is 269 g/mol. The maximum absolute atomic E-state index is 11.7. The molecule has 0 spiro atoms. The van der Waals surface area contributed by atoms with E-state index in [9.17, 15) is 4.79 Å². The van der Waals surface area contributed by atoms with Crippen LogP contribution in [0.1, 0.15) is 25.3 Å². The van der Waals surface area contributed by atoms with Crippen molar-refractivity contribution in [3.8, 4) is 0 Å². The first-order valence-corrected chi connectivity index (χ1v) is 6.74. The van der Waals surface area contributed by atoms with Crippen LogP contribution in [0.25, 0.3) is 0 Å². The van der Waals surface area contributed by atoms with Crippen molar-refractivity contribution in [2.24, 2.45) is 0 Å². The van der Waals surface area contributed by atoms with Gasteiger partial charge in [-0.1, -0.05) is 37.1 Å². The molecule has 0 atom stereocenters. The molecule has 1 aromatic carbocycles. The molecule has 3 nitrogen and oxygen atoms in total. The van der Waals surface area contributed by atoms with E-state index in [0.29, 0.717) is 6.54 Å². The number of benzene rings is 1. The standard InChI is InChI=1S/C14H21ClN2O/c1-3-4-10-17(2)14(18)16-9-8-12-6-5-7-13(15)11-12/h5-7,11H,3-4,8-10H2,1-2H3,(H,16,18). The first kappa shape index (κ1) is 14.8. The molecule has 100 valence electrons. The number of hydrogen-bond acceptors (Lipinski definition) is 1. The third-order valence-corrected chi connectivity index (χ3v) is 3.01. The Balaban J connectivity index is 2.27. The molecule has 0 unspecified atom stereocenters. The molecule has 0 heterocycles. The summed E-state index contributed by atoms with van der Waals surface area (Å²) < 4.78 is 0. The van der Waals surface area contributed by atoms with Gasteiger partial charge in [0.2, 0.25) is 0 Å². The van der Waals surface area contributed by atoms with Gasteiger partial charge in [-0.05, 0) is 30.5 Å². The van der Waals surface area contributed by atoms with Gasteiger partial charge >= 0.3 is 6.03 Å². The van der Waals surface area contributed by atoms with E-state index in [1.165, 1.54) is 0 Å². The first-order chi connectivity index (χ1) is 8.63. The highest BCUT2D eigenvalue weighted by molar-refractivity contribution is 6.30. The van der Waals surface area contributed by atoms with Crippen LogP contribution in [0.4, 0.5) is 4.79 Å². The van der Waals surface area contributed by atoms with Gasteiger partial charge in [-0.2, -0.15) is 0 Å². The fraction of sp³-hybridized carbons (Fsp3) is 0.500. The molecule has 0 aliphatic heterocycles. The average Bonchev–Trinajstić information content (AvgIpc) is 2.35. The van der Waals surface area contributed by atoms with Crippen LogP contribution < -0.4 is 5.32 Å². The summed E-state index contributed by atoms with van der Waals surface area (Å²) in [6.07, 6.45) is 2.94. The van der Waals surface area contributed by atoms with Gasteiger partial charge in [-0.3, -0.25) is 0 Å². The normalized spacial score (nSPS) is 10.2. The molecule has 1 N–H and O–H groups in total. The molecule has 18 heavy (non-hydrogen) atoms. The number of nitrogens with one attached hydrogen (secondary N) is 1.